The third kappa shape index (κ3) is 36.4. The molecule has 0 atom stereocenters. The van der Waals surface area contributed by atoms with E-state index < -0.39 is 0 Å². The van der Waals surface area contributed by atoms with Crippen LogP contribution in [-0.2, 0) is 0 Å². The molecule has 306 valence electrons. The number of hydrogen-bond donors (Lipinski definition) is 0. The van der Waals surface area contributed by atoms with Gasteiger partial charge in [0.25, 0.3) is 0 Å². The Morgan fingerprint density at radius 1 is 0.200 bits per heavy atom. The van der Waals surface area contributed by atoms with Crippen LogP contribution in [0.2, 0.25) is 0 Å². The molecule has 0 aromatic heterocycles. The van der Waals surface area contributed by atoms with Gasteiger partial charge in [-0.25, -0.2) is 0 Å². The molecule has 5 aliphatic rings. The lowest BCUT2D eigenvalue weighted by atomic mass is 9.75. The topological polar surface area (TPSA) is 0 Å². The van der Waals surface area contributed by atoms with E-state index in [1.807, 2.05) is 41.5 Å². The van der Waals surface area contributed by atoms with Crippen LogP contribution in [0.5, 0.6) is 0 Å². The fourth-order valence-corrected chi connectivity index (χ4v) is 8.91. The summed E-state index contributed by atoms with van der Waals surface area (Å²) in [6.45, 7) is 19.2. The Hall–Kier alpha value is 0. The Morgan fingerprint density at radius 2 is 0.340 bits per heavy atom. The zero-order valence-corrected chi connectivity index (χ0v) is 36.6. The molecular weight excluding hydrogens is 601 g/mol. The molecule has 0 unspecified atom stereocenters. The molecular formula is C50H106. The normalized spacial score (nSPS) is 24.9. The lowest BCUT2D eigenvalue weighted by Gasteiger charge is -2.31. The van der Waals surface area contributed by atoms with Gasteiger partial charge in [-0.15, -0.1) is 0 Å². The van der Waals surface area contributed by atoms with Crippen LogP contribution in [0.4, 0.5) is 0 Å². The molecule has 0 N–H and O–H groups in total. The first-order valence-corrected chi connectivity index (χ1v) is 24.1. The van der Waals surface area contributed by atoms with E-state index in [0.29, 0.717) is 0 Å². The maximum Gasteiger partial charge on any atom is -0.0386 e. The number of hydrogen-bond acceptors (Lipinski definition) is 0. The van der Waals surface area contributed by atoms with E-state index in [2.05, 4.69) is 20.8 Å². The van der Waals surface area contributed by atoms with Crippen molar-refractivity contribution in [2.24, 2.45) is 29.6 Å². The van der Waals surface area contributed by atoms with Crippen LogP contribution >= 0.6 is 0 Å². The quantitative estimate of drug-likeness (QED) is 0.255. The molecule has 0 aliphatic heterocycles. The maximum atomic E-state index is 2.45. The van der Waals surface area contributed by atoms with Crippen molar-refractivity contribution in [3.63, 3.8) is 0 Å². The highest BCUT2D eigenvalue weighted by Gasteiger charge is 2.23. The van der Waals surface area contributed by atoms with Crippen molar-refractivity contribution < 1.29 is 0 Å². The molecule has 0 aromatic carbocycles. The largest absolute Gasteiger partial charge is 0.0776 e. The Labute approximate surface area is 323 Å². The molecule has 0 aromatic rings. The summed E-state index contributed by atoms with van der Waals surface area (Å²) in [5, 5.41) is 0. The van der Waals surface area contributed by atoms with Crippen LogP contribution in [0.1, 0.15) is 294 Å². The Balaban J connectivity index is -0.000000582. The third-order valence-electron chi connectivity index (χ3n) is 12.1. The van der Waals surface area contributed by atoms with Gasteiger partial charge in [0.1, 0.15) is 0 Å². The lowest BCUT2D eigenvalue weighted by molar-refractivity contribution is 0.210. The summed E-state index contributed by atoms with van der Waals surface area (Å²) in [5.41, 5.74) is 0. The highest BCUT2D eigenvalue weighted by Crippen LogP contribution is 2.36. The van der Waals surface area contributed by atoms with Gasteiger partial charge in [-0.05, 0) is 29.6 Å². The van der Waals surface area contributed by atoms with E-state index in [4.69, 9.17) is 0 Å². The van der Waals surface area contributed by atoms with Crippen LogP contribution in [-0.4, -0.2) is 0 Å². The SMILES string of the molecule is C.C1CCCCCCC1.CC.CC.CC.CC1CCCC(C2CCCCCCC2)CCC1.CC1CCCCCCC1.CC1CCCCCCC1. The molecule has 0 nitrogen and oxygen atoms in total. The summed E-state index contributed by atoms with van der Waals surface area (Å²) in [6.07, 6.45) is 52.7. The van der Waals surface area contributed by atoms with E-state index in [1.165, 1.54) is 199 Å². The zero-order valence-electron chi connectivity index (χ0n) is 36.6. The Bertz CT molecular complexity index is 486. The van der Waals surface area contributed by atoms with Crippen molar-refractivity contribution in [2.45, 2.75) is 294 Å². The third-order valence-corrected chi connectivity index (χ3v) is 12.1. The van der Waals surface area contributed by atoms with Crippen molar-refractivity contribution in [1.29, 1.82) is 0 Å². The minimum absolute atomic E-state index is 0. The van der Waals surface area contributed by atoms with Crippen LogP contribution in [0.15, 0.2) is 0 Å². The van der Waals surface area contributed by atoms with Gasteiger partial charge in [0.15, 0.2) is 0 Å². The second kappa shape index (κ2) is 45.2. The molecule has 0 saturated heterocycles. The fraction of sp³-hybridized carbons (Fsp3) is 1.00. The van der Waals surface area contributed by atoms with Crippen molar-refractivity contribution in [3.8, 4) is 0 Å². The first-order valence-electron chi connectivity index (χ1n) is 24.1. The van der Waals surface area contributed by atoms with E-state index >= 15 is 0 Å². The first-order chi connectivity index (χ1) is 24.1. The number of rotatable bonds is 1. The monoisotopic (exact) mass is 707 g/mol. The molecule has 5 saturated carbocycles. The van der Waals surface area contributed by atoms with Gasteiger partial charge in [0.2, 0.25) is 0 Å². The van der Waals surface area contributed by atoms with Gasteiger partial charge in [-0.3, -0.25) is 0 Å². The summed E-state index contributed by atoms with van der Waals surface area (Å²) < 4.78 is 0. The van der Waals surface area contributed by atoms with E-state index in [9.17, 15) is 0 Å². The molecule has 0 radical (unpaired) electrons. The maximum absolute atomic E-state index is 2.45. The second-order valence-corrected chi connectivity index (χ2v) is 16.6. The highest BCUT2D eigenvalue weighted by molar-refractivity contribution is 4.75. The van der Waals surface area contributed by atoms with Gasteiger partial charge in [-0.1, -0.05) is 294 Å². The molecule has 0 amide bonds. The molecule has 0 heterocycles. The molecule has 5 fully saturated rings. The van der Waals surface area contributed by atoms with Gasteiger partial charge >= 0.3 is 0 Å². The van der Waals surface area contributed by atoms with E-state index in [1.54, 1.807) is 25.7 Å². The summed E-state index contributed by atoms with van der Waals surface area (Å²) in [7, 11) is 0. The zero-order chi connectivity index (χ0) is 36.6. The Kier molecular flexibility index (Phi) is 49.1. The fourth-order valence-electron chi connectivity index (χ4n) is 8.91. The van der Waals surface area contributed by atoms with Crippen molar-refractivity contribution in [2.75, 3.05) is 0 Å². The second-order valence-electron chi connectivity index (χ2n) is 16.6. The van der Waals surface area contributed by atoms with Gasteiger partial charge < -0.3 is 0 Å². The van der Waals surface area contributed by atoms with E-state index in [-0.39, 0.29) is 7.43 Å². The average molecular weight is 707 g/mol. The van der Waals surface area contributed by atoms with E-state index in [0.717, 1.165) is 29.6 Å². The van der Waals surface area contributed by atoms with Crippen LogP contribution < -0.4 is 0 Å². The minimum atomic E-state index is 0. The average Bonchev–Trinajstić information content (AvgIpc) is 3.06. The Morgan fingerprint density at radius 3 is 0.560 bits per heavy atom. The molecule has 50 heavy (non-hydrogen) atoms. The smallest absolute Gasteiger partial charge is 0.0386 e. The molecule has 0 spiro atoms. The van der Waals surface area contributed by atoms with Crippen molar-refractivity contribution in [1.82, 2.24) is 0 Å². The predicted octanol–water partition coefficient (Wildman–Crippen LogP) is 19.5. The van der Waals surface area contributed by atoms with Gasteiger partial charge in [0, 0.05) is 0 Å². The lowest BCUT2D eigenvalue weighted by Crippen LogP contribution is -2.18. The summed E-state index contributed by atoms with van der Waals surface area (Å²) in [4.78, 5) is 0. The first kappa shape index (κ1) is 54.3. The van der Waals surface area contributed by atoms with Crippen molar-refractivity contribution >= 4 is 0 Å². The minimum Gasteiger partial charge on any atom is -0.0776 e. The predicted molar refractivity (Wildman–Crippen MR) is 237 cm³/mol. The van der Waals surface area contributed by atoms with Crippen LogP contribution in [0, 0.1) is 29.6 Å². The van der Waals surface area contributed by atoms with Crippen LogP contribution in [0.25, 0.3) is 0 Å². The highest BCUT2D eigenvalue weighted by atomic mass is 14.3. The van der Waals surface area contributed by atoms with Gasteiger partial charge in [0.05, 0.1) is 0 Å². The van der Waals surface area contributed by atoms with Crippen LogP contribution in [0.3, 0.4) is 0 Å². The van der Waals surface area contributed by atoms with Gasteiger partial charge in [-0.2, -0.15) is 0 Å². The standard InChI is InChI=1S/C17H32.2C9H18.C8H16.3C2H6.CH4/c1-15-9-7-13-17(14-8-10-15)16-11-5-3-2-4-6-12-16;2*1-9-7-5-3-2-4-6-8-9;1-2-4-6-8-7-5-3-1;3*1-2;/h15-17H,2-14H2,1H3;2*9H,2-8H2,1H3;1-8H2;3*1-2H3;1H4. The molecule has 0 bridgehead atoms. The summed E-state index contributed by atoms with van der Waals surface area (Å²) in [6, 6.07) is 0. The molecule has 0 heteroatoms. The summed E-state index contributed by atoms with van der Waals surface area (Å²) in [5.74, 6) is 5.24. The molecule has 5 rings (SSSR count). The molecule has 5 aliphatic carbocycles. The van der Waals surface area contributed by atoms with Crippen molar-refractivity contribution in [3.05, 3.63) is 0 Å². The summed E-state index contributed by atoms with van der Waals surface area (Å²) >= 11 is 0.